The average Bonchev–Trinajstić information content (AvgIpc) is 2.86. The number of halogens is 1. The first-order chi connectivity index (χ1) is 6.81. The van der Waals surface area contributed by atoms with E-state index in [9.17, 15) is 4.79 Å². The van der Waals surface area contributed by atoms with Gasteiger partial charge in [0.2, 0.25) is 0 Å². The van der Waals surface area contributed by atoms with Crippen LogP contribution in [0.2, 0.25) is 0 Å². The second kappa shape index (κ2) is 4.18. The summed E-state index contributed by atoms with van der Waals surface area (Å²) in [6.07, 6.45) is 9.02. The molecule has 1 fully saturated rings. The molecule has 14 heavy (non-hydrogen) atoms. The Morgan fingerprint density at radius 1 is 1.50 bits per heavy atom. The molecule has 0 aromatic carbocycles. The number of Topliss-reactive ketones (excluding diaryl/α,β-unsaturated/α-hetero) is 1. The minimum absolute atomic E-state index is 0.0170. The van der Waals surface area contributed by atoms with Crippen molar-refractivity contribution >= 4 is 17.4 Å². The Kier molecular flexibility index (Phi) is 2.92. The van der Waals surface area contributed by atoms with Gasteiger partial charge in [0.25, 0.3) is 0 Å². The number of alkyl halides is 1. The van der Waals surface area contributed by atoms with E-state index in [0.717, 1.165) is 5.56 Å². The topological polar surface area (TPSA) is 22.0 Å². The Morgan fingerprint density at radius 2 is 2.21 bits per heavy atom. The van der Waals surface area contributed by atoms with Gasteiger partial charge in [-0.25, -0.2) is 0 Å². The van der Waals surface area contributed by atoms with Crippen molar-refractivity contribution in [3.63, 3.8) is 0 Å². The fourth-order valence-electron chi connectivity index (χ4n) is 2.08. The summed E-state index contributed by atoms with van der Waals surface area (Å²) in [4.78, 5) is 11.3. The SMILES string of the molecule is O=C(CCl)c1ccn(C2CCCC2)c1. The van der Waals surface area contributed by atoms with Crippen molar-refractivity contribution in [2.45, 2.75) is 31.7 Å². The monoisotopic (exact) mass is 211 g/mol. The highest BCUT2D eigenvalue weighted by molar-refractivity contribution is 6.30. The Hall–Kier alpha value is -0.760. The van der Waals surface area contributed by atoms with E-state index < -0.39 is 0 Å². The van der Waals surface area contributed by atoms with Crippen molar-refractivity contribution in [2.75, 3.05) is 5.88 Å². The third-order valence-corrected chi connectivity index (χ3v) is 3.15. The Bertz CT molecular complexity index is 326. The van der Waals surface area contributed by atoms with Crippen molar-refractivity contribution < 1.29 is 4.79 Å². The highest BCUT2D eigenvalue weighted by atomic mass is 35.5. The molecule has 0 radical (unpaired) electrons. The summed E-state index contributed by atoms with van der Waals surface area (Å²) in [5, 5.41) is 0. The molecule has 0 aliphatic heterocycles. The lowest BCUT2D eigenvalue weighted by molar-refractivity contribution is 0.102. The third-order valence-electron chi connectivity index (χ3n) is 2.90. The van der Waals surface area contributed by atoms with Gasteiger partial charge in [-0.1, -0.05) is 12.8 Å². The molecule has 0 amide bonds. The summed E-state index contributed by atoms with van der Waals surface area (Å²) in [7, 11) is 0. The normalized spacial score (nSPS) is 17.5. The highest BCUT2D eigenvalue weighted by Crippen LogP contribution is 2.29. The number of hydrogen-bond donors (Lipinski definition) is 0. The van der Waals surface area contributed by atoms with Crippen LogP contribution in [0.15, 0.2) is 18.5 Å². The van der Waals surface area contributed by atoms with Gasteiger partial charge in [-0.05, 0) is 18.9 Å². The number of aromatic nitrogens is 1. The summed E-state index contributed by atoms with van der Waals surface area (Å²) < 4.78 is 2.16. The van der Waals surface area contributed by atoms with Crippen molar-refractivity contribution in [1.82, 2.24) is 4.57 Å². The van der Waals surface area contributed by atoms with Gasteiger partial charge in [-0.3, -0.25) is 4.79 Å². The van der Waals surface area contributed by atoms with Gasteiger partial charge in [-0.2, -0.15) is 0 Å². The first-order valence-electron chi connectivity index (χ1n) is 5.08. The maximum atomic E-state index is 11.3. The fraction of sp³-hybridized carbons (Fsp3) is 0.545. The van der Waals surface area contributed by atoms with Gasteiger partial charge >= 0.3 is 0 Å². The van der Waals surface area contributed by atoms with E-state index in [1.165, 1.54) is 25.7 Å². The molecule has 1 heterocycles. The van der Waals surface area contributed by atoms with Gasteiger partial charge in [0.05, 0.1) is 5.88 Å². The third kappa shape index (κ3) is 1.85. The number of carbonyl (C=O) groups excluding carboxylic acids is 1. The lowest BCUT2D eigenvalue weighted by Gasteiger charge is -2.10. The second-order valence-corrected chi connectivity index (χ2v) is 4.11. The van der Waals surface area contributed by atoms with Crippen LogP contribution < -0.4 is 0 Å². The minimum atomic E-state index is 0.0170. The van der Waals surface area contributed by atoms with Crippen LogP contribution in [0.1, 0.15) is 42.1 Å². The first kappa shape index (κ1) is 9.78. The molecule has 0 saturated heterocycles. The molecule has 1 saturated carbocycles. The van der Waals surface area contributed by atoms with Crippen LogP contribution in [0.4, 0.5) is 0 Å². The summed E-state index contributed by atoms with van der Waals surface area (Å²) >= 11 is 5.50. The lowest BCUT2D eigenvalue weighted by atomic mass is 10.2. The maximum Gasteiger partial charge on any atom is 0.179 e. The molecule has 0 N–H and O–H groups in total. The maximum absolute atomic E-state index is 11.3. The predicted molar refractivity (Wildman–Crippen MR) is 57.0 cm³/mol. The smallest absolute Gasteiger partial charge is 0.179 e. The predicted octanol–water partition coefficient (Wildman–Crippen LogP) is 3.02. The van der Waals surface area contributed by atoms with Crippen LogP contribution in [0.5, 0.6) is 0 Å². The molecular formula is C11H14ClNO. The van der Waals surface area contributed by atoms with Gasteiger partial charge in [-0.15, -0.1) is 11.6 Å². The van der Waals surface area contributed by atoms with Gasteiger partial charge < -0.3 is 4.57 Å². The number of rotatable bonds is 3. The molecule has 0 spiro atoms. The zero-order valence-corrected chi connectivity index (χ0v) is 8.83. The van der Waals surface area contributed by atoms with E-state index in [1.807, 2.05) is 18.5 Å². The van der Waals surface area contributed by atoms with Gasteiger partial charge in [0.15, 0.2) is 5.78 Å². The number of ketones is 1. The quantitative estimate of drug-likeness (QED) is 0.557. The van der Waals surface area contributed by atoms with Crippen LogP contribution in [-0.2, 0) is 0 Å². The van der Waals surface area contributed by atoms with Gasteiger partial charge in [0, 0.05) is 24.0 Å². The summed E-state index contributed by atoms with van der Waals surface area (Å²) in [6, 6.07) is 2.47. The average molecular weight is 212 g/mol. The molecule has 1 aliphatic carbocycles. The molecule has 1 aliphatic rings. The van der Waals surface area contributed by atoms with Gasteiger partial charge in [0.1, 0.15) is 0 Å². The van der Waals surface area contributed by atoms with Crippen LogP contribution in [0.3, 0.4) is 0 Å². The van der Waals surface area contributed by atoms with E-state index in [0.29, 0.717) is 6.04 Å². The summed E-state index contributed by atoms with van der Waals surface area (Å²) in [5.41, 5.74) is 0.743. The van der Waals surface area contributed by atoms with Crippen LogP contribution >= 0.6 is 11.6 Å². The lowest BCUT2D eigenvalue weighted by Crippen LogP contribution is -2.02. The molecular weight excluding hydrogens is 198 g/mol. The number of hydrogen-bond acceptors (Lipinski definition) is 1. The highest BCUT2D eigenvalue weighted by Gasteiger charge is 2.17. The summed E-state index contributed by atoms with van der Waals surface area (Å²) in [6.45, 7) is 0. The number of nitrogens with zero attached hydrogens (tertiary/aromatic N) is 1. The van der Waals surface area contributed by atoms with E-state index in [2.05, 4.69) is 4.57 Å². The number of carbonyl (C=O) groups is 1. The van der Waals surface area contributed by atoms with Crippen LogP contribution in [-0.4, -0.2) is 16.2 Å². The summed E-state index contributed by atoms with van der Waals surface area (Å²) in [5.74, 6) is 0.0951. The van der Waals surface area contributed by atoms with Crippen molar-refractivity contribution in [1.29, 1.82) is 0 Å². The van der Waals surface area contributed by atoms with E-state index in [-0.39, 0.29) is 11.7 Å². The fourth-order valence-corrected chi connectivity index (χ4v) is 2.24. The van der Waals surface area contributed by atoms with E-state index >= 15 is 0 Å². The molecule has 2 rings (SSSR count). The minimum Gasteiger partial charge on any atom is -0.351 e. The zero-order chi connectivity index (χ0) is 9.97. The molecule has 76 valence electrons. The first-order valence-corrected chi connectivity index (χ1v) is 5.61. The van der Waals surface area contributed by atoms with E-state index in [4.69, 9.17) is 11.6 Å². The van der Waals surface area contributed by atoms with E-state index in [1.54, 1.807) is 0 Å². The standard InChI is InChI=1S/C11H14ClNO/c12-7-11(14)9-5-6-13(8-9)10-3-1-2-4-10/h5-6,8,10H,1-4,7H2. The van der Waals surface area contributed by atoms with Crippen molar-refractivity contribution in [3.05, 3.63) is 24.0 Å². The molecule has 2 nitrogen and oxygen atoms in total. The Morgan fingerprint density at radius 3 is 2.86 bits per heavy atom. The van der Waals surface area contributed by atoms with Crippen molar-refractivity contribution in [3.8, 4) is 0 Å². The largest absolute Gasteiger partial charge is 0.351 e. The molecule has 3 heteroatoms. The molecule has 1 aromatic rings. The second-order valence-electron chi connectivity index (χ2n) is 3.84. The molecule has 1 aromatic heterocycles. The zero-order valence-electron chi connectivity index (χ0n) is 8.08. The molecule has 0 atom stereocenters. The Labute approximate surface area is 88.9 Å². The van der Waals surface area contributed by atoms with Crippen LogP contribution in [0, 0.1) is 0 Å². The molecule has 0 bridgehead atoms. The Balaban J connectivity index is 2.12. The van der Waals surface area contributed by atoms with Crippen molar-refractivity contribution in [2.24, 2.45) is 0 Å². The molecule has 0 unspecified atom stereocenters. The van der Waals surface area contributed by atoms with Crippen LogP contribution in [0.25, 0.3) is 0 Å².